The second-order valence-electron chi connectivity index (χ2n) is 5.28. The van der Waals surface area contributed by atoms with E-state index in [1.54, 1.807) is 11.3 Å². The van der Waals surface area contributed by atoms with Crippen LogP contribution in [0.4, 0.5) is 27.9 Å². The first-order chi connectivity index (χ1) is 11.7. The number of rotatable bonds is 6. The number of aryl methyl sites for hydroxylation is 1. The van der Waals surface area contributed by atoms with Gasteiger partial charge in [-0.2, -0.15) is 0 Å². The van der Waals surface area contributed by atoms with Crippen LogP contribution in [0.2, 0.25) is 0 Å². The minimum atomic E-state index is 0.830. The van der Waals surface area contributed by atoms with Gasteiger partial charge in [0.1, 0.15) is 11.9 Å². The average Bonchev–Trinajstić information content (AvgIpc) is 3.01. The number of hydrogen-bond donors (Lipinski definition) is 2. The van der Waals surface area contributed by atoms with E-state index in [0.717, 1.165) is 34.4 Å². The molecule has 0 saturated carbocycles. The summed E-state index contributed by atoms with van der Waals surface area (Å²) in [5.74, 6) is 0. The van der Waals surface area contributed by atoms with E-state index in [2.05, 4.69) is 52.1 Å². The molecule has 24 heavy (non-hydrogen) atoms. The Morgan fingerprint density at radius 1 is 0.917 bits per heavy atom. The van der Waals surface area contributed by atoms with E-state index in [1.165, 1.54) is 0 Å². The molecule has 0 spiro atoms. The lowest BCUT2D eigenvalue weighted by atomic mass is 10.2. The number of azo groups is 1. The zero-order valence-corrected chi connectivity index (χ0v) is 14.5. The van der Waals surface area contributed by atoms with Crippen LogP contribution in [-0.4, -0.2) is 6.54 Å². The van der Waals surface area contributed by atoms with Crippen LogP contribution >= 0.6 is 11.3 Å². The molecule has 1 heterocycles. The van der Waals surface area contributed by atoms with E-state index >= 15 is 0 Å². The monoisotopic (exact) mass is 338 g/mol. The fraction of sp³-hybridized carbons (Fsp3) is 0.167. The molecule has 0 unspecified atom stereocenters. The summed E-state index contributed by atoms with van der Waals surface area (Å²) in [7, 11) is 1.96. The Labute approximate surface area is 145 Å². The largest absolute Gasteiger partial charge is 0.408 e. The van der Waals surface area contributed by atoms with Gasteiger partial charge in [-0.1, -0.05) is 0 Å². The Bertz CT molecular complexity index is 806. The van der Waals surface area contributed by atoms with Gasteiger partial charge in [-0.15, -0.1) is 0 Å². The van der Waals surface area contributed by atoms with Crippen LogP contribution in [0.3, 0.4) is 0 Å². The van der Waals surface area contributed by atoms with Gasteiger partial charge in [-0.3, -0.25) is 0 Å². The summed E-state index contributed by atoms with van der Waals surface area (Å²) >= 11 is 1.56. The fourth-order valence-electron chi connectivity index (χ4n) is 2.18. The van der Waals surface area contributed by atoms with Gasteiger partial charge in [0, 0.05) is 29.0 Å². The quantitative estimate of drug-likeness (QED) is 0.481. The minimum Gasteiger partial charge on any atom is -0.385 e. The number of hydrogen-bond acceptors (Lipinski definition) is 5. The van der Waals surface area contributed by atoms with E-state index < -0.39 is 0 Å². The summed E-state index contributed by atoms with van der Waals surface area (Å²) in [6.07, 6.45) is 1.97. The van der Waals surface area contributed by atoms with Crippen molar-refractivity contribution in [1.29, 1.82) is 0 Å². The lowest BCUT2D eigenvalue weighted by Gasteiger charge is -2.08. The number of anilines is 3. The second-order valence-corrected chi connectivity index (χ2v) is 6.15. The van der Waals surface area contributed by atoms with Crippen molar-refractivity contribution in [2.24, 2.45) is 17.3 Å². The molecule has 1 aromatic heterocycles. The van der Waals surface area contributed by atoms with Crippen molar-refractivity contribution in [1.82, 2.24) is 0 Å². The molecule has 0 aliphatic heterocycles. The highest BCUT2D eigenvalue weighted by Crippen LogP contribution is 2.23. The van der Waals surface area contributed by atoms with E-state index in [4.69, 9.17) is 0 Å². The predicted octanol–water partition coefficient (Wildman–Crippen LogP) is 5.16. The Balaban J connectivity index is 1.64. The lowest BCUT2D eigenvalue weighted by molar-refractivity contribution is -0.654. The van der Waals surface area contributed by atoms with Crippen molar-refractivity contribution in [3.8, 4) is 0 Å². The molecule has 0 aliphatic rings. The van der Waals surface area contributed by atoms with E-state index in [9.17, 15) is 0 Å². The standard InChI is InChI=1S/C18H19N5S/c1-3-19-14-4-6-15(7-5-14)20-16-8-10-17(11-9-16)21-22-18-23(2)12-13-24-18/h4-13H,3H2,1-2H3,(H,19,21)/p+1. The van der Waals surface area contributed by atoms with Crippen molar-refractivity contribution >= 4 is 39.2 Å². The number of nitrogens with one attached hydrogen (secondary N) is 2. The van der Waals surface area contributed by atoms with Crippen LogP contribution in [0, 0.1) is 0 Å². The number of benzene rings is 2. The van der Waals surface area contributed by atoms with Gasteiger partial charge in [-0.05, 0) is 71.9 Å². The molecular weight excluding hydrogens is 318 g/mol. The van der Waals surface area contributed by atoms with Gasteiger partial charge >= 0.3 is 5.13 Å². The Morgan fingerprint density at radius 3 is 2.12 bits per heavy atom. The van der Waals surface area contributed by atoms with Crippen molar-refractivity contribution in [2.75, 3.05) is 17.2 Å². The van der Waals surface area contributed by atoms with Crippen molar-refractivity contribution in [2.45, 2.75) is 6.92 Å². The smallest absolute Gasteiger partial charge is 0.385 e. The Morgan fingerprint density at radius 2 is 1.54 bits per heavy atom. The van der Waals surface area contributed by atoms with Crippen LogP contribution < -0.4 is 15.2 Å². The Hall–Kier alpha value is -2.73. The van der Waals surface area contributed by atoms with Gasteiger partial charge in [0.05, 0.1) is 12.2 Å². The van der Waals surface area contributed by atoms with Gasteiger partial charge in [0.25, 0.3) is 0 Å². The summed E-state index contributed by atoms with van der Waals surface area (Å²) in [6, 6.07) is 16.1. The molecule has 0 atom stereocenters. The first kappa shape index (κ1) is 16.1. The zero-order chi connectivity index (χ0) is 16.8. The second kappa shape index (κ2) is 7.70. The van der Waals surface area contributed by atoms with Gasteiger partial charge < -0.3 is 10.6 Å². The van der Waals surface area contributed by atoms with Crippen molar-refractivity contribution < 1.29 is 4.57 Å². The zero-order valence-electron chi connectivity index (χ0n) is 13.7. The number of aromatic nitrogens is 1. The lowest BCUT2D eigenvalue weighted by Crippen LogP contribution is -2.23. The third-order valence-corrected chi connectivity index (χ3v) is 4.27. The van der Waals surface area contributed by atoms with E-state index in [-0.39, 0.29) is 0 Å². The van der Waals surface area contributed by atoms with Gasteiger partial charge in [-0.25, -0.2) is 4.57 Å². The molecule has 6 heteroatoms. The Kier molecular flexibility index (Phi) is 5.18. The summed E-state index contributed by atoms with van der Waals surface area (Å²) < 4.78 is 1.95. The molecular formula is C18H20N5S+. The number of nitrogens with zero attached hydrogens (tertiary/aromatic N) is 3. The molecule has 5 nitrogen and oxygen atoms in total. The summed E-state index contributed by atoms with van der Waals surface area (Å²) in [4.78, 5) is 0. The average molecular weight is 338 g/mol. The molecule has 3 rings (SSSR count). The van der Waals surface area contributed by atoms with Crippen LogP contribution in [0.5, 0.6) is 0 Å². The highest BCUT2D eigenvalue weighted by molar-refractivity contribution is 7.12. The summed E-state index contributed by atoms with van der Waals surface area (Å²) in [5, 5.41) is 18.0. The van der Waals surface area contributed by atoms with Gasteiger partial charge in [0.2, 0.25) is 0 Å². The highest BCUT2D eigenvalue weighted by Gasteiger charge is 2.06. The van der Waals surface area contributed by atoms with E-state index in [0.29, 0.717) is 0 Å². The van der Waals surface area contributed by atoms with Crippen LogP contribution in [0.1, 0.15) is 6.92 Å². The first-order valence-electron chi connectivity index (χ1n) is 7.80. The molecule has 0 bridgehead atoms. The molecule has 122 valence electrons. The molecule has 0 saturated heterocycles. The molecule has 3 aromatic rings. The maximum absolute atomic E-state index is 4.27. The molecule has 0 fully saturated rings. The third kappa shape index (κ3) is 4.17. The molecule has 2 aromatic carbocycles. The van der Waals surface area contributed by atoms with Crippen LogP contribution in [0.15, 0.2) is 70.3 Å². The van der Waals surface area contributed by atoms with E-state index in [1.807, 2.05) is 47.5 Å². The maximum Gasteiger partial charge on any atom is 0.408 e. The topological polar surface area (TPSA) is 52.7 Å². The minimum absolute atomic E-state index is 0.830. The predicted molar refractivity (Wildman–Crippen MR) is 100 cm³/mol. The van der Waals surface area contributed by atoms with Crippen molar-refractivity contribution in [3.63, 3.8) is 0 Å². The van der Waals surface area contributed by atoms with Crippen molar-refractivity contribution in [3.05, 3.63) is 60.1 Å². The van der Waals surface area contributed by atoms with Crippen LogP contribution in [0.25, 0.3) is 0 Å². The highest BCUT2D eigenvalue weighted by atomic mass is 32.1. The molecule has 2 N–H and O–H groups in total. The van der Waals surface area contributed by atoms with Crippen LogP contribution in [-0.2, 0) is 7.05 Å². The SMILES string of the molecule is CCNc1ccc(Nc2ccc(N=Nc3scc[n+]3C)cc2)cc1. The number of thiazole rings is 1. The third-order valence-electron chi connectivity index (χ3n) is 3.43. The molecule has 0 amide bonds. The maximum atomic E-state index is 4.27. The molecule has 0 radical (unpaired) electrons. The fourth-order valence-corrected chi connectivity index (χ4v) is 2.86. The normalized spacial score (nSPS) is 10.9. The van der Waals surface area contributed by atoms with Gasteiger partial charge in [0.15, 0.2) is 0 Å². The molecule has 0 aliphatic carbocycles. The summed E-state index contributed by atoms with van der Waals surface area (Å²) in [5.41, 5.74) is 4.03. The first-order valence-corrected chi connectivity index (χ1v) is 8.68. The summed E-state index contributed by atoms with van der Waals surface area (Å²) in [6.45, 7) is 3.01.